The minimum absolute atomic E-state index is 0.510. The Balaban J connectivity index is 2.31. The standard InChI is InChI=1S/C13H13BO2/c1-10-2-4-11(5-3-10)12-6-8-13(9-7-12)14(15)16/h2-9,15-16H,1H3. The molecule has 0 amide bonds. The first-order valence-corrected chi connectivity index (χ1v) is 5.20. The smallest absolute Gasteiger partial charge is 0.423 e. The van der Waals surface area contributed by atoms with Crippen molar-refractivity contribution < 1.29 is 10.0 Å². The molecule has 0 aliphatic heterocycles. The minimum atomic E-state index is -1.40. The average Bonchev–Trinajstić information content (AvgIpc) is 2.30. The summed E-state index contributed by atoms with van der Waals surface area (Å²) in [5.74, 6) is 0. The molecule has 0 atom stereocenters. The Bertz CT molecular complexity index is 460. The van der Waals surface area contributed by atoms with Crippen molar-refractivity contribution in [3.63, 3.8) is 0 Å². The maximum Gasteiger partial charge on any atom is 0.488 e. The van der Waals surface area contributed by atoms with Gasteiger partial charge in [0.2, 0.25) is 0 Å². The predicted molar refractivity (Wildman–Crippen MR) is 66.4 cm³/mol. The van der Waals surface area contributed by atoms with Crippen molar-refractivity contribution in [2.24, 2.45) is 0 Å². The quantitative estimate of drug-likeness (QED) is 0.737. The van der Waals surface area contributed by atoms with Gasteiger partial charge in [-0.15, -0.1) is 0 Å². The first-order valence-electron chi connectivity index (χ1n) is 5.20. The molecule has 0 spiro atoms. The van der Waals surface area contributed by atoms with Gasteiger partial charge in [0.05, 0.1) is 0 Å². The fraction of sp³-hybridized carbons (Fsp3) is 0.0769. The van der Waals surface area contributed by atoms with Crippen LogP contribution in [-0.4, -0.2) is 17.2 Å². The Morgan fingerprint density at radius 1 is 0.750 bits per heavy atom. The molecule has 80 valence electrons. The summed E-state index contributed by atoms with van der Waals surface area (Å²) in [6.45, 7) is 2.05. The molecule has 0 aliphatic rings. The molecule has 0 fully saturated rings. The van der Waals surface area contributed by atoms with E-state index in [1.165, 1.54) is 5.56 Å². The molecule has 0 aliphatic carbocycles. The molecule has 2 aromatic carbocycles. The van der Waals surface area contributed by atoms with Gasteiger partial charge in [-0.3, -0.25) is 0 Å². The van der Waals surface area contributed by atoms with E-state index in [1.807, 2.05) is 12.1 Å². The van der Waals surface area contributed by atoms with Gasteiger partial charge < -0.3 is 10.0 Å². The van der Waals surface area contributed by atoms with Crippen LogP contribution in [0, 0.1) is 6.92 Å². The van der Waals surface area contributed by atoms with Crippen molar-refractivity contribution >= 4 is 12.6 Å². The number of hydrogen-bond acceptors (Lipinski definition) is 2. The Morgan fingerprint density at radius 3 is 1.62 bits per heavy atom. The first-order chi connectivity index (χ1) is 7.66. The Morgan fingerprint density at radius 2 is 1.19 bits per heavy atom. The second-order valence-corrected chi connectivity index (χ2v) is 3.86. The number of hydrogen-bond donors (Lipinski definition) is 2. The fourth-order valence-electron chi connectivity index (χ4n) is 1.59. The van der Waals surface area contributed by atoms with Crippen LogP contribution < -0.4 is 5.46 Å². The largest absolute Gasteiger partial charge is 0.488 e. The minimum Gasteiger partial charge on any atom is -0.423 e. The van der Waals surface area contributed by atoms with E-state index in [2.05, 4.69) is 31.2 Å². The molecule has 2 aromatic rings. The van der Waals surface area contributed by atoms with E-state index in [-0.39, 0.29) is 0 Å². The summed E-state index contributed by atoms with van der Waals surface area (Å²) in [5, 5.41) is 18.0. The van der Waals surface area contributed by atoms with Crippen LogP contribution in [0.15, 0.2) is 48.5 Å². The van der Waals surface area contributed by atoms with Gasteiger partial charge in [-0.1, -0.05) is 54.1 Å². The van der Waals surface area contributed by atoms with Crippen molar-refractivity contribution in [3.05, 3.63) is 54.1 Å². The lowest BCUT2D eigenvalue weighted by Gasteiger charge is -2.04. The molecule has 0 unspecified atom stereocenters. The van der Waals surface area contributed by atoms with Crippen LogP contribution in [0.5, 0.6) is 0 Å². The Hall–Kier alpha value is -1.58. The van der Waals surface area contributed by atoms with Gasteiger partial charge in [0, 0.05) is 0 Å². The Kier molecular flexibility index (Phi) is 3.08. The first kappa shape index (κ1) is 10.9. The van der Waals surface area contributed by atoms with Gasteiger partial charge in [0.25, 0.3) is 0 Å². The summed E-state index contributed by atoms with van der Waals surface area (Å²) in [6, 6.07) is 15.5. The van der Waals surface area contributed by atoms with Crippen LogP contribution in [0.4, 0.5) is 0 Å². The van der Waals surface area contributed by atoms with Crippen LogP contribution >= 0.6 is 0 Å². The zero-order valence-corrected chi connectivity index (χ0v) is 9.09. The lowest BCUT2D eigenvalue weighted by atomic mass is 9.80. The second-order valence-electron chi connectivity index (χ2n) is 3.86. The molecule has 0 radical (unpaired) electrons. The summed E-state index contributed by atoms with van der Waals surface area (Å²) >= 11 is 0. The zero-order valence-electron chi connectivity index (χ0n) is 9.09. The summed E-state index contributed by atoms with van der Waals surface area (Å²) in [7, 11) is -1.40. The highest BCUT2D eigenvalue weighted by molar-refractivity contribution is 6.58. The normalized spacial score (nSPS) is 10.2. The summed E-state index contributed by atoms with van der Waals surface area (Å²) in [5.41, 5.74) is 3.94. The molecule has 3 heteroatoms. The predicted octanol–water partition coefficient (Wildman–Crippen LogP) is 1.34. The van der Waals surface area contributed by atoms with E-state index in [0.29, 0.717) is 5.46 Å². The third kappa shape index (κ3) is 2.32. The lowest BCUT2D eigenvalue weighted by Crippen LogP contribution is -2.29. The van der Waals surface area contributed by atoms with E-state index in [0.717, 1.165) is 11.1 Å². The molecule has 0 saturated carbocycles. The van der Waals surface area contributed by atoms with Crippen molar-refractivity contribution in [3.8, 4) is 11.1 Å². The third-order valence-corrected chi connectivity index (χ3v) is 2.59. The van der Waals surface area contributed by atoms with Crippen LogP contribution in [0.1, 0.15) is 5.56 Å². The molecule has 2 N–H and O–H groups in total. The molecule has 0 aromatic heterocycles. The van der Waals surface area contributed by atoms with Gasteiger partial charge in [-0.25, -0.2) is 0 Å². The highest BCUT2D eigenvalue weighted by atomic mass is 16.4. The van der Waals surface area contributed by atoms with Gasteiger partial charge in [-0.05, 0) is 23.5 Å². The third-order valence-electron chi connectivity index (χ3n) is 2.59. The van der Waals surface area contributed by atoms with Gasteiger partial charge in [0.15, 0.2) is 0 Å². The van der Waals surface area contributed by atoms with Crippen molar-refractivity contribution in [1.29, 1.82) is 0 Å². The summed E-state index contributed by atoms with van der Waals surface area (Å²) < 4.78 is 0. The van der Waals surface area contributed by atoms with Crippen molar-refractivity contribution in [2.75, 3.05) is 0 Å². The van der Waals surface area contributed by atoms with Crippen molar-refractivity contribution in [2.45, 2.75) is 6.92 Å². The van der Waals surface area contributed by atoms with E-state index in [1.54, 1.807) is 12.1 Å². The van der Waals surface area contributed by atoms with Gasteiger partial charge >= 0.3 is 7.12 Å². The molecular weight excluding hydrogens is 199 g/mol. The maximum absolute atomic E-state index is 8.98. The fourth-order valence-corrected chi connectivity index (χ4v) is 1.59. The number of benzene rings is 2. The van der Waals surface area contributed by atoms with Gasteiger partial charge in [0.1, 0.15) is 0 Å². The van der Waals surface area contributed by atoms with Crippen LogP contribution in [-0.2, 0) is 0 Å². The topological polar surface area (TPSA) is 40.5 Å². The van der Waals surface area contributed by atoms with E-state index in [4.69, 9.17) is 10.0 Å². The monoisotopic (exact) mass is 212 g/mol. The summed E-state index contributed by atoms with van der Waals surface area (Å²) in [6.07, 6.45) is 0. The number of aryl methyl sites for hydroxylation is 1. The maximum atomic E-state index is 8.98. The van der Waals surface area contributed by atoms with Crippen LogP contribution in [0.3, 0.4) is 0 Å². The molecule has 0 heterocycles. The molecule has 16 heavy (non-hydrogen) atoms. The second kappa shape index (κ2) is 4.52. The average molecular weight is 212 g/mol. The summed E-state index contributed by atoms with van der Waals surface area (Å²) in [4.78, 5) is 0. The molecule has 0 saturated heterocycles. The molecular formula is C13H13BO2. The van der Waals surface area contributed by atoms with Crippen molar-refractivity contribution in [1.82, 2.24) is 0 Å². The highest BCUT2D eigenvalue weighted by Crippen LogP contribution is 2.18. The van der Waals surface area contributed by atoms with E-state index in [9.17, 15) is 0 Å². The number of rotatable bonds is 2. The van der Waals surface area contributed by atoms with E-state index < -0.39 is 7.12 Å². The van der Waals surface area contributed by atoms with E-state index >= 15 is 0 Å². The lowest BCUT2D eigenvalue weighted by molar-refractivity contribution is 0.426. The zero-order chi connectivity index (χ0) is 11.5. The van der Waals surface area contributed by atoms with Crippen LogP contribution in [0.2, 0.25) is 0 Å². The molecule has 0 bridgehead atoms. The highest BCUT2D eigenvalue weighted by Gasteiger charge is 2.09. The van der Waals surface area contributed by atoms with Gasteiger partial charge in [-0.2, -0.15) is 0 Å². The molecule has 2 rings (SSSR count). The Labute approximate surface area is 95.3 Å². The molecule has 2 nitrogen and oxygen atoms in total. The SMILES string of the molecule is Cc1ccc(-c2ccc(B(O)O)cc2)cc1. The van der Waals surface area contributed by atoms with Crippen LogP contribution in [0.25, 0.3) is 11.1 Å².